The normalized spacial score (nSPS) is 32.0. The summed E-state index contributed by atoms with van der Waals surface area (Å²) in [7, 11) is 3.28. The average molecular weight is 353 g/mol. The Labute approximate surface area is 141 Å². The number of methoxy groups -OCH3 is 2. The van der Waals surface area contributed by atoms with Crippen LogP contribution in [0.4, 0.5) is 0 Å². The summed E-state index contributed by atoms with van der Waals surface area (Å²) in [6.07, 6.45) is 0.634. The molecule has 0 bridgehead atoms. The first-order chi connectivity index (χ1) is 10.5. The molecule has 0 spiro atoms. The van der Waals surface area contributed by atoms with Crippen molar-refractivity contribution in [2.45, 2.75) is 61.5 Å². The van der Waals surface area contributed by atoms with Crippen LogP contribution in [-0.2, 0) is 18.9 Å². The van der Waals surface area contributed by atoms with Gasteiger partial charge in [-0.1, -0.05) is 0 Å². The van der Waals surface area contributed by atoms with Gasteiger partial charge in [-0.3, -0.25) is 0 Å². The van der Waals surface area contributed by atoms with Crippen molar-refractivity contribution in [2.75, 3.05) is 32.3 Å². The zero-order valence-corrected chi connectivity index (χ0v) is 15.5. The number of rotatable bonds is 7. The summed E-state index contributed by atoms with van der Waals surface area (Å²) in [6, 6.07) is 0. The predicted molar refractivity (Wildman–Crippen MR) is 90.4 cm³/mol. The topological polar surface area (TPSA) is 57.2 Å². The van der Waals surface area contributed by atoms with Gasteiger partial charge in [0.1, 0.15) is 18.3 Å². The summed E-state index contributed by atoms with van der Waals surface area (Å²) < 4.78 is 23.2. The Bertz CT molecular complexity index is 336. The van der Waals surface area contributed by atoms with Gasteiger partial charge in [0.05, 0.1) is 17.3 Å². The van der Waals surface area contributed by atoms with Crippen LogP contribution in [0.25, 0.3) is 0 Å². The van der Waals surface area contributed by atoms with Gasteiger partial charge in [-0.25, -0.2) is 0 Å². The van der Waals surface area contributed by atoms with Gasteiger partial charge in [0.25, 0.3) is 0 Å². The van der Waals surface area contributed by atoms with Gasteiger partial charge in [-0.05, 0) is 38.2 Å². The molecule has 2 saturated heterocycles. The fourth-order valence-electron chi connectivity index (χ4n) is 2.89. The molecule has 2 aliphatic heterocycles. The molecule has 0 saturated carbocycles. The van der Waals surface area contributed by atoms with Crippen LogP contribution in [0.15, 0.2) is 0 Å². The van der Waals surface area contributed by atoms with E-state index in [1.165, 1.54) is 17.9 Å². The van der Waals surface area contributed by atoms with Gasteiger partial charge in [-0.2, -0.15) is 0 Å². The van der Waals surface area contributed by atoms with Crippen LogP contribution in [-0.4, -0.2) is 72.2 Å². The van der Waals surface area contributed by atoms with E-state index in [4.69, 9.17) is 18.9 Å². The van der Waals surface area contributed by atoms with E-state index in [1.807, 2.05) is 37.4 Å². The molecule has 4 atom stereocenters. The van der Waals surface area contributed by atoms with Crippen molar-refractivity contribution in [3.05, 3.63) is 0 Å². The highest BCUT2D eigenvalue weighted by Gasteiger charge is 2.48. The Balaban J connectivity index is 2.03. The molecule has 2 fully saturated rings. The summed E-state index contributed by atoms with van der Waals surface area (Å²) in [4.78, 5) is 0. The molecule has 130 valence electrons. The maximum Gasteiger partial charge on any atom is 0.164 e. The Morgan fingerprint density at radius 2 is 1.82 bits per heavy atom. The summed E-state index contributed by atoms with van der Waals surface area (Å²) in [5.41, 5.74) is 0. The van der Waals surface area contributed by atoms with Gasteiger partial charge in [0, 0.05) is 14.2 Å². The molecule has 0 aliphatic carbocycles. The molecular weight excluding hydrogens is 324 g/mol. The van der Waals surface area contributed by atoms with Crippen molar-refractivity contribution in [1.82, 2.24) is 0 Å². The van der Waals surface area contributed by atoms with Crippen LogP contribution >= 0.6 is 23.5 Å². The maximum atomic E-state index is 10.3. The minimum atomic E-state index is -0.721. The Morgan fingerprint density at radius 1 is 1.18 bits per heavy atom. The number of hydrogen-bond acceptors (Lipinski definition) is 7. The van der Waals surface area contributed by atoms with E-state index >= 15 is 0 Å². The van der Waals surface area contributed by atoms with Gasteiger partial charge in [-0.15, -0.1) is 23.5 Å². The monoisotopic (exact) mass is 352 g/mol. The van der Waals surface area contributed by atoms with Crippen molar-refractivity contribution in [3.63, 3.8) is 0 Å². The van der Waals surface area contributed by atoms with Crippen LogP contribution in [0.3, 0.4) is 0 Å². The van der Waals surface area contributed by atoms with E-state index in [0.717, 1.165) is 6.42 Å². The quantitative estimate of drug-likeness (QED) is 0.753. The molecule has 2 aliphatic rings. The van der Waals surface area contributed by atoms with E-state index in [0.29, 0.717) is 4.58 Å². The summed E-state index contributed by atoms with van der Waals surface area (Å²) in [5, 5.41) is 10.3. The molecule has 0 aromatic carbocycles. The molecule has 0 amide bonds. The van der Waals surface area contributed by atoms with Gasteiger partial charge in [0.2, 0.25) is 0 Å². The van der Waals surface area contributed by atoms with Gasteiger partial charge in [0.15, 0.2) is 5.79 Å². The average Bonchev–Trinajstić information content (AvgIpc) is 2.82. The standard InChI is InChI=1S/C15H28O5S2/c1-15(2)19-13(10(16)9-17-3)14(20-15)11(18-4)8-12-21-6-5-7-22-12/h10-14,16H,5-9H2,1-4H3/t10-,11+,13-,14-/m1/s1. The maximum absolute atomic E-state index is 10.3. The molecule has 0 unspecified atom stereocenters. The van der Waals surface area contributed by atoms with Crippen LogP contribution in [0.5, 0.6) is 0 Å². The number of aliphatic hydroxyl groups excluding tert-OH is 1. The Kier molecular flexibility index (Phi) is 7.32. The van der Waals surface area contributed by atoms with Crippen molar-refractivity contribution in [2.24, 2.45) is 0 Å². The first kappa shape index (κ1) is 18.8. The summed E-state index contributed by atoms with van der Waals surface area (Å²) >= 11 is 3.97. The van der Waals surface area contributed by atoms with E-state index in [2.05, 4.69) is 0 Å². The third-order valence-electron chi connectivity index (χ3n) is 3.87. The van der Waals surface area contributed by atoms with Crippen molar-refractivity contribution < 1.29 is 24.1 Å². The number of aliphatic hydroxyl groups is 1. The molecule has 2 rings (SSSR count). The highest BCUT2D eigenvalue weighted by molar-refractivity contribution is 8.17. The fourth-order valence-corrected chi connectivity index (χ4v) is 5.84. The second kappa shape index (κ2) is 8.55. The van der Waals surface area contributed by atoms with E-state index in [-0.39, 0.29) is 18.8 Å². The molecule has 22 heavy (non-hydrogen) atoms. The Hall–Kier alpha value is 0.500. The molecule has 0 radical (unpaired) electrons. The first-order valence-corrected chi connectivity index (χ1v) is 9.85. The lowest BCUT2D eigenvalue weighted by molar-refractivity contribution is -0.163. The van der Waals surface area contributed by atoms with Crippen LogP contribution in [0.1, 0.15) is 26.7 Å². The number of thioether (sulfide) groups is 2. The third-order valence-corrected chi connectivity index (χ3v) is 6.86. The molecule has 0 aromatic rings. The highest BCUT2D eigenvalue weighted by atomic mass is 32.2. The molecule has 1 N–H and O–H groups in total. The first-order valence-electron chi connectivity index (χ1n) is 7.75. The molecule has 0 aromatic heterocycles. The zero-order valence-electron chi connectivity index (χ0n) is 13.8. The second-order valence-corrected chi connectivity index (χ2v) is 9.04. The van der Waals surface area contributed by atoms with Crippen molar-refractivity contribution in [3.8, 4) is 0 Å². The van der Waals surface area contributed by atoms with E-state index < -0.39 is 18.0 Å². The van der Waals surface area contributed by atoms with E-state index in [1.54, 1.807) is 14.2 Å². The van der Waals surface area contributed by atoms with Crippen LogP contribution < -0.4 is 0 Å². The Morgan fingerprint density at radius 3 is 2.41 bits per heavy atom. The van der Waals surface area contributed by atoms with E-state index in [9.17, 15) is 5.11 Å². The lowest BCUT2D eigenvalue weighted by Crippen LogP contribution is -2.45. The minimum absolute atomic E-state index is 0.0959. The lowest BCUT2D eigenvalue weighted by Gasteiger charge is -2.31. The van der Waals surface area contributed by atoms with Gasteiger partial charge >= 0.3 is 0 Å². The fraction of sp³-hybridized carbons (Fsp3) is 1.00. The van der Waals surface area contributed by atoms with Crippen LogP contribution in [0.2, 0.25) is 0 Å². The molecular formula is C15H28O5S2. The smallest absolute Gasteiger partial charge is 0.164 e. The van der Waals surface area contributed by atoms with Crippen molar-refractivity contribution >= 4 is 23.5 Å². The zero-order chi connectivity index (χ0) is 16.2. The SMILES string of the molecule is COC[C@@H](O)[C@H]1OC(C)(C)O[C@@H]1[C@H](CC1SCCCS1)OC. The van der Waals surface area contributed by atoms with Crippen LogP contribution in [0, 0.1) is 0 Å². The summed E-state index contributed by atoms with van der Waals surface area (Å²) in [5.74, 6) is 1.70. The molecule has 5 nitrogen and oxygen atoms in total. The largest absolute Gasteiger partial charge is 0.388 e. The second-order valence-electron chi connectivity index (χ2n) is 6.12. The third kappa shape index (κ3) is 5.00. The lowest BCUT2D eigenvalue weighted by atomic mass is 10.0. The van der Waals surface area contributed by atoms with Crippen molar-refractivity contribution in [1.29, 1.82) is 0 Å². The highest BCUT2D eigenvalue weighted by Crippen LogP contribution is 2.38. The summed E-state index contributed by atoms with van der Waals surface area (Å²) in [6.45, 7) is 3.97. The molecule has 7 heteroatoms. The molecule has 2 heterocycles. The number of ether oxygens (including phenoxy) is 4. The predicted octanol–water partition coefficient (Wildman–Crippen LogP) is 2.12. The van der Waals surface area contributed by atoms with Gasteiger partial charge < -0.3 is 24.1 Å². The number of hydrogen-bond donors (Lipinski definition) is 1. The minimum Gasteiger partial charge on any atom is -0.388 e.